The van der Waals surface area contributed by atoms with E-state index in [1.165, 1.54) is 4.31 Å². The number of pyridine rings is 1. The third-order valence-electron chi connectivity index (χ3n) is 6.82. The van der Waals surface area contributed by atoms with Gasteiger partial charge in [0.05, 0.1) is 19.2 Å². The quantitative estimate of drug-likeness (QED) is 0.543. The number of hydrogen-bond donors (Lipinski definition) is 0. The summed E-state index contributed by atoms with van der Waals surface area (Å²) in [7, 11) is -2.04. The summed E-state index contributed by atoms with van der Waals surface area (Å²) in [6, 6.07) is 13.1. The molecule has 0 unspecified atom stereocenters. The molecule has 1 fully saturated rings. The van der Waals surface area contributed by atoms with Crippen LogP contribution in [0.1, 0.15) is 17.5 Å². The number of hydrogen-bond acceptors (Lipinski definition) is 6. The number of carbonyl (C=O) groups excluding carboxylic acids is 1. The summed E-state index contributed by atoms with van der Waals surface area (Å²) in [5.41, 5.74) is 3.55. The molecule has 1 amide bonds. The summed E-state index contributed by atoms with van der Waals surface area (Å²) >= 11 is 0. The molecule has 184 valence electrons. The standard InChI is InChI=1S/C26H30N4O4S/c1-19-15-21-5-3-7-24(26(21)27-17-19)35(32,33)29-13-11-28(12-14-29)18-25(31)30-10-4-6-20-16-22(34-2)8-9-23(20)30/h3,5,7-9,15-17H,4,6,10-14,18H2,1-2H3. The van der Waals surface area contributed by atoms with Crippen LogP contribution in [0, 0.1) is 6.92 Å². The minimum atomic E-state index is -3.68. The number of ether oxygens (including phenoxy) is 1. The number of para-hydroxylation sites is 1. The maximum absolute atomic E-state index is 13.4. The van der Waals surface area contributed by atoms with Gasteiger partial charge in [0.1, 0.15) is 10.6 Å². The minimum absolute atomic E-state index is 0.0426. The zero-order valence-corrected chi connectivity index (χ0v) is 20.9. The molecular formula is C26H30N4O4S. The van der Waals surface area contributed by atoms with Gasteiger partial charge in [0, 0.05) is 50.0 Å². The lowest BCUT2D eigenvalue weighted by molar-refractivity contribution is -0.120. The molecule has 35 heavy (non-hydrogen) atoms. The van der Waals surface area contributed by atoms with Crippen molar-refractivity contribution in [2.24, 2.45) is 0 Å². The fraction of sp³-hybridized carbons (Fsp3) is 0.385. The predicted molar refractivity (Wildman–Crippen MR) is 135 cm³/mol. The van der Waals surface area contributed by atoms with E-state index in [1.54, 1.807) is 25.4 Å². The zero-order chi connectivity index (χ0) is 24.6. The van der Waals surface area contributed by atoms with Crippen molar-refractivity contribution >= 4 is 32.5 Å². The molecule has 0 bridgehead atoms. The van der Waals surface area contributed by atoms with Crippen LogP contribution < -0.4 is 9.64 Å². The number of aryl methyl sites for hydroxylation is 2. The second kappa shape index (κ2) is 9.56. The van der Waals surface area contributed by atoms with Crippen LogP contribution in [0.4, 0.5) is 5.69 Å². The molecule has 8 nitrogen and oxygen atoms in total. The lowest BCUT2D eigenvalue weighted by atomic mass is 10.0. The number of carbonyl (C=O) groups is 1. The Morgan fingerprint density at radius 2 is 1.86 bits per heavy atom. The summed E-state index contributed by atoms with van der Waals surface area (Å²) in [5.74, 6) is 0.841. The maximum Gasteiger partial charge on any atom is 0.245 e. The minimum Gasteiger partial charge on any atom is -0.497 e. The van der Waals surface area contributed by atoms with E-state index < -0.39 is 10.0 Å². The number of piperazine rings is 1. The van der Waals surface area contributed by atoms with E-state index in [2.05, 4.69) is 4.98 Å². The molecule has 0 saturated carbocycles. The number of fused-ring (bicyclic) bond motifs is 2. The van der Waals surface area contributed by atoms with E-state index in [-0.39, 0.29) is 17.3 Å². The maximum atomic E-state index is 13.4. The highest BCUT2D eigenvalue weighted by Gasteiger charge is 2.32. The van der Waals surface area contributed by atoms with Crippen LogP contribution in [0.3, 0.4) is 0 Å². The number of rotatable bonds is 5. The summed E-state index contributed by atoms with van der Waals surface area (Å²) in [6.45, 7) is 4.59. The van der Waals surface area contributed by atoms with Crippen molar-refractivity contribution in [1.82, 2.24) is 14.2 Å². The van der Waals surface area contributed by atoms with E-state index in [4.69, 9.17) is 4.74 Å². The number of methoxy groups -OCH3 is 1. The molecule has 2 aromatic carbocycles. The summed E-state index contributed by atoms with van der Waals surface area (Å²) < 4.78 is 33.7. The van der Waals surface area contributed by atoms with E-state index in [9.17, 15) is 13.2 Å². The zero-order valence-electron chi connectivity index (χ0n) is 20.1. The highest BCUT2D eigenvalue weighted by Crippen LogP contribution is 2.31. The molecule has 5 rings (SSSR count). The fourth-order valence-electron chi connectivity index (χ4n) is 4.95. The Labute approximate surface area is 206 Å². The van der Waals surface area contributed by atoms with Gasteiger partial charge in [-0.3, -0.25) is 14.7 Å². The molecule has 9 heteroatoms. The molecule has 0 spiro atoms. The Morgan fingerprint density at radius 1 is 1.06 bits per heavy atom. The van der Waals surface area contributed by atoms with Gasteiger partial charge in [-0.05, 0) is 61.2 Å². The van der Waals surface area contributed by atoms with Crippen LogP contribution in [0.15, 0.2) is 53.6 Å². The fourth-order valence-corrected chi connectivity index (χ4v) is 6.54. The summed E-state index contributed by atoms with van der Waals surface area (Å²) in [6.07, 6.45) is 3.53. The number of benzene rings is 2. The third kappa shape index (κ3) is 4.63. The van der Waals surface area contributed by atoms with Crippen molar-refractivity contribution in [1.29, 1.82) is 0 Å². The van der Waals surface area contributed by atoms with Crippen molar-refractivity contribution < 1.29 is 17.9 Å². The summed E-state index contributed by atoms with van der Waals surface area (Å²) in [4.78, 5) is 21.7. The number of amides is 1. The van der Waals surface area contributed by atoms with Crippen molar-refractivity contribution in [2.45, 2.75) is 24.7 Å². The molecule has 3 heterocycles. The largest absolute Gasteiger partial charge is 0.497 e. The Balaban J connectivity index is 1.26. The van der Waals surface area contributed by atoms with Crippen LogP contribution >= 0.6 is 0 Å². The van der Waals surface area contributed by atoms with Crippen molar-refractivity contribution in [2.75, 3.05) is 51.3 Å². The third-order valence-corrected chi connectivity index (χ3v) is 8.76. The van der Waals surface area contributed by atoms with E-state index in [0.29, 0.717) is 38.2 Å². The van der Waals surface area contributed by atoms with E-state index >= 15 is 0 Å². The molecular weight excluding hydrogens is 464 g/mol. The molecule has 3 aromatic rings. The summed E-state index contributed by atoms with van der Waals surface area (Å²) in [5, 5.41) is 0.815. The normalized spacial score (nSPS) is 17.4. The van der Waals surface area contributed by atoms with Gasteiger partial charge in [0.25, 0.3) is 0 Å². The number of sulfonamides is 1. The van der Waals surface area contributed by atoms with Crippen LogP contribution in [-0.2, 0) is 21.2 Å². The van der Waals surface area contributed by atoms with E-state index in [0.717, 1.165) is 40.8 Å². The first-order chi connectivity index (χ1) is 16.9. The van der Waals surface area contributed by atoms with Crippen LogP contribution in [-0.4, -0.2) is 74.9 Å². The van der Waals surface area contributed by atoms with Crippen molar-refractivity contribution in [3.63, 3.8) is 0 Å². The average Bonchev–Trinajstić information content (AvgIpc) is 2.87. The van der Waals surface area contributed by atoms with Gasteiger partial charge in [0.2, 0.25) is 15.9 Å². The smallest absolute Gasteiger partial charge is 0.245 e. The SMILES string of the molecule is COc1ccc2c(c1)CCCN2C(=O)CN1CCN(S(=O)(=O)c2cccc3cc(C)cnc23)CC1. The van der Waals surface area contributed by atoms with Crippen LogP contribution in [0.2, 0.25) is 0 Å². The molecule has 2 aliphatic heterocycles. The first-order valence-electron chi connectivity index (χ1n) is 11.9. The van der Waals surface area contributed by atoms with Gasteiger partial charge in [-0.2, -0.15) is 4.31 Å². The Morgan fingerprint density at radius 3 is 2.63 bits per heavy atom. The van der Waals surface area contributed by atoms with Gasteiger partial charge in [-0.15, -0.1) is 0 Å². The molecule has 0 atom stereocenters. The molecule has 0 N–H and O–H groups in total. The molecule has 0 aliphatic carbocycles. The number of aromatic nitrogens is 1. The second-order valence-corrected chi connectivity index (χ2v) is 11.1. The topological polar surface area (TPSA) is 83.0 Å². The highest BCUT2D eigenvalue weighted by atomic mass is 32.2. The monoisotopic (exact) mass is 494 g/mol. The molecule has 0 radical (unpaired) electrons. The average molecular weight is 495 g/mol. The van der Waals surface area contributed by atoms with Crippen molar-refractivity contribution in [3.8, 4) is 5.75 Å². The lowest BCUT2D eigenvalue weighted by Crippen LogP contribution is -2.52. The van der Waals surface area contributed by atoms with Gasteiger partial charge < -0.3 is 9.64 Å². The number of anilines is 1. The molecule has 1 aromatic heterocycles. The predicted octanol–water partition coefficient (Wildman–Crippen LogP) is 2.84. The Bertz CT molecular complexity index is 1370. The van der Waals surface area contributed by atoms with Gasteiger partial charge >= 0.3 is 0 Å². The molecule has 2 aliphatic rings. The first-order valence-corrected chi connectivity index (χ1v) is 13.4. The molecule has 1 saturated heterocycles. The lowest BCUT2D eigenvalue weighted by Gasteiger charge is -2.36. The van der Waals surface area contributed by atoms with Crippen LogP contribution in [0.5, 0.6) is 5.75 Å². The van der Waals surface area contributed by atoms with Crippen molar-refractivity contribution in [3.05, 3.63) is 59.8 Å². The van der Waals surface area contributed by atoms with Gasteiger partial charge in [-0.1, -0.05) is 12.1 Å². The van der Waals surface area contributed by atoms with Gasteiger partial charge in [-0.25, -0.2) is 8.42 Å². The first kappa shape index (κ1) is 23.7. The van der Waals surface area contributed by atoms with Crippen LogP contribution in [0.25, 0.3) is 10.9 Å². The Kier molecular flexibility index (Phi) is 6.48. The second-order valence-electron chi connectivity index (χ2n) is 9.16. The van der Waals surface area contributed by atoms with Gasteiger partial charge in [0.15, 0.2) is 0 Å². The number of nitrogens with zero attached hydrogens (tertiary/aromatic N) is 4. The Hall–Kier alpha value is -3.01. The highest BCUT2D eigenvalue weighted by molar-refractivity contribution is 7.89. The van der Waals surface area contributed by atoms with E-state index in [1.807, 2.05) is 47.1 Å².